The number of hydrogen-bond donors (Lipinski definition) is 2. The number of primary amides is 1. The van der Waals surface area contributed by atoms with E-state index < -0.39 is 36.2 Å². The van der Waals surface area contributed by atoms with Crippen molar-refractivity contribution in [1.29, 1.82) is 0 Å². The summed E-state index contributed by atoms with van der Waals surface area (Å²) in [5.74, 6) is -1.12. The van der Waals surface area contributed by atoms with Gasteiger partial charge in [0.2, 0.25) is 5.91 Å². The lowest BCUT2D eigenvalue weighted by atomic mass is 10.1. The Morgan fingerprint density at radius 1 is 1.27 bits per heavy atom. The molecule has 0 spiro atoms. The van der Waals surface area contributed by atoms with Crippen LogP contribution in [0.2, 0.25) is 0 Å². The van der Waals surface area contributed by atoms with Crippen molar-refractivity contribution in [3.8, 4) is 0 Å². The van der Waals surface area contributed by atoms with Crippen LogP contribution in [0, 0.1) is 0 Å². The number of amides is 2. The van der Waals surface area contributed by atoms with Gasteiger partial charge in [-0.3, -0.25) is 9.59 Å². The van der Waals surface area contributed by atoms with Gasteiger partial charge in [-0.2, -0.15) is 13.2 Å². The molecule has 9 heteroatoms. The minimum Gasteiger partial charge on any atom is -0.390 e. The van der Waals surface area contributed by atoms with Gasteiger partial charge in [0.05, 0.1) is 6.54 Å². The first kappa shape index (κ1) is 15.8. The zero-order chi connectivity index (χ0) is 16.3. The van der Waals surface area contributed by atoms with Crippen LogP contribution in [0.4, 0.5) is 13.2 Å². The molecular weight excluding hydrogens is 303 g/mol. The zero-order valence-corrected chi connectivity index (χ0v) is 11.2. The standard InChI is InChI=1S/C13H12F3N3O3/c14-13(15,16)10-5-9(22-19-10)6-18-12(21)8-3-1-7(2-4-8)11(17)20/h1-4,9H,5-6H2,(H2,17,20)(H,18,21). The molecule has 0 bridgehead atoms. The highest BCUT2D eigenvalue weighted by atomic mass is 19.4. The molecule has 1 atom stereocenters. The number of nitrogens with two attached hydrogens (primary N) is 1. The van der Waals surface area contributed by atoms with Gasteiger partial charge in [-0.05, 0) is 24.3 Å². The molecule has 2 amide bonds. The number of alkyl halides is 3. The fraction of sp³-hybridized carbons (Fsp3) is 0.308. The molecule has 22 heavy (non-hydrogen) atoms. The van der Waals surface area contributed by atoms with Crippen molar-refractivity contribution in [2.24, 2.45) is 10.9 Å². The van der Waals surface area contributed by atoms with E-state index in [4.69, 9.17) is 5.73 Å². The highest BCUT2D eigenvalue weighted by Gasteiger charge is 2.41. The van der Waals surface area contributed by atoms with Crippen LogP contribution in [-0.2, 0) is 4.84 Å². The van der Waals surface area contributed by atoms with Gasteiger partial charge in [0.15, 0.2) is 5.71 Å². The summed E-state index contributed by atoms with van der Waals surface area (Å²) in [5, 5.41) is 5.40. The van der Waals surface area contributed by atoms with Gasteiger partial charge in [0.25, 0.3) is 5.91 Å². The lowest BCUT2D eigenvalue weighted by molar-refractivity contribution is -0.0604. The number of nitrogens with one attached hydrogen (secondary N) is 1. The largest absolute Gasteiger partial charge is 0.432 e. The molecule has 0 radical (unpaired) electrons. The molecule has 1 unspecified atom stereocenters. The summed E-state index contributed by atoms with van der Waals surface area (Å²) in [7, 11) is 0. The van der Waals surface area contributed by atoms with Gasteiger partial charge in [0, 0.05) is 17.5 Å². The van der Waals surface area contributed by atoms with Crippen molar-refractivity contribution in [3.05, 3.63) is 35.4 Å². The van der Waals surface area contributed by atoms with E-state index in [9.17, 15) is 22.8 Å². The van der Waals surface area contributed by atoms with Gasteiger partial charge in [-0.25, -0.2) is 0 Å². The molecule has 1 aromatic carbocycles. The fourth-order valence-electron chi connectivity index (χ4n) is 1.80. The molecule has 0 fully saturated rings. The van der Waals surface area contributed by atoms with E-state index in [1.54, 1.807) is 0 Å². The molecule has 118 valence electrons. The molecule has 0 aromatic heterocycles. The molecule has 6 nitrogen and oxygen atoms in total. The summed E-state index contributed by atoms with van der Waals surface area (Å²) in [6.07, 6.45) is -5.79. The first-order chi connectivity index (χ1) is 10.3. The van der Waals surface area contributed by atoms with Gasteiger partial charge in [-0.15, -0.1) is 0 Å². The second-order valence-electron chi connectivity index (χ2n) is 4.62. The average Bonchev–Trinajstić information content (AvgIpc) is 2.94. The second kappa shape index (κ2) is 6.04. The molecule has 0 saturated heterocycles. The Bertz CT molecular complexity index is 611. The Morgan fingerprint density at radius 3 is 2.36 bits per heavy atom. The number of rotatable bonds is 4. The summed E-state index contributed by atoms with van der Waals surface area (Å²) < 4.78 is 37.1. The van der Waals surface area contributed by atoms with Crippen molar-refractivity contribution in [2.45, 2.75) is 18.7 Å². The number of oxime groups is 1. The Balaban J connectivity index is 1.85. The Labute approximate surface area is 123 Å². The predicted molar refractivity (Wildman–Crippen MR) is 70.3 cm³/mol. The van der Waals surface area contributed by atoms with Crippen molar-refractivity contribution >= 4 is 17.5 Å². The van der Waals surface area contributed by atoms with Gasteiger partial charge in [0.1, 0.15) is 6.10 Å². The van der Waals surface area contributed by atoms with Crippen LogP contribution < -0.4 is 11.1 Å². The highest BCUT2D eigenvalue weighted by molar-refractivity contribution is 5.97. The number of hydrogen-bond acceptors (Lipinski definition) is 4. The fourth-order valence-corrected chi connectivity index (χ4v) is 1.80. The van der Waals surface area contributed by atoms with Crippen molar-refractivity contribution in [1.82, 2.24) is 5.32 Å². The van der Waals surface area contributed by atoms with E-state index in [0.717, 1.165) is 0 Å². The topological polar surface area (TPSA) is 93.8 Å². The van der Waals surface area contributed by atoms with Crippen LogP contribution in [0.1, 0.15) is 27.1 Å². The molecule has 1 aliphatic rings. The number of carbonyl (C=O) groups is 2. The average molecular weight is 315 g/mol. The van der Waals surface area contributed by atoms with Crippen LogP contribution in [0.15, 0.2) is 29.4 Å². The van der Waals surface area contributed by atoms with E-state index >= 15 is 0 Å². The molecule has 0 aliphatic carbocycles. The maximum atomic E-state index is 12.4. The van der Waals surface area contributed by atoms with Gasteiger partial charge in [-0.1, -0.05) is 5.16 Å². The van der Waals surface area contributed by atoms with Crippen molar-refractivity contribution in [2.75, 3.05) is 6.54 Å². The normalized spacial score (nSPS) is 17.6. The number of benzene rings is 1. The quantitative estimate of drug-likeness (QED) is 0.875. The third-order valence-corrected chi connectivity index (χ3v) is 2.98. The monoisotopic (exact) mass is 315 g/mol. The second-order valence-corrected chi connectivity index (χ2v) is 4.62. The van der Waals surface area contributed by atoms with Crippen molar-refractivity contribution in [3.63, 3.8) is 0 Å². The summed E-state index contributed by atoms with van der Waals surface area (Å²) in [4.78, 5) is 27.3. The Hall–Kier alpha value is -2.58. The smallest absolute Gasteiger partial charge is 0.390 e. The van der Waals surface area contributed by atoms with E-state index in [-0.39, 0.29) is 17.7 Å². The Kier molecular flexibility index (Phi) is 4.34. The third-order valence-electron chi connectivity index (χ3n) is 2.98. The number of halogens is 3. The predicted octanol–water partition coefficient (Wildman–Crippen LogP) is 1.22. The summed E-state index contributed by atoms with van der Waals surface area (Å²) in [6.45, 7) is -0.112. The lowest BCUT2D eigenvalue weighted by Gasteiger charge is -2.10. The van der Waals surface area contributed by atoms with Gasteiger partial charge >= 0.3 is 6.18 Å². The zero-order valence-electron chi connectivity index (χ0n) is 11.2. The lowest BCUT2D eigenvalue weighted by Crippen LogP contribution is -2.33. The Morgan fingerprint density at radius 2 is 1.86 bits per heavy atom. The van der Waals surface area contributed by atoms with E-state index in [1.807, 2.05) is 0 Å². The van der Waals surface area contributed by atoms with E-state index in [1.165, 1.54) is 24.3 Å². The molecule has 0 saturated carbocycles. The molecule has 1 heterocycles. The molecule has 1 aliphatic heterocycles. The first-order valence-electron chi connectivity index (χ1n) is 6.25. The van der Waals surface area contributed by atoms with Crippen LogP contribution in [0.3, 0.4) is 0 Å². The molecule has 3 N–H and O–H groups in total. The molecule has 1 aromatic rings. The summed E-state index contributed by atoms with van der Waals surface area (Å²) >= 11 is 0. The van der Waals surface area contributed by atoms with Crippen LogP contribution in [-0.4, -0.2) is 36.4 Å². The van der Waals surface area contributed by atoms with Crippen LogP contribution in [0.5, 0.6) is 0 Å². The summed E-state index contributed by atoms with van der Waals surface area (Å²) in [6, 6.07) is 5.55. The van der Waals surface area contributed by atoms with Crippen molar-refractivity contribution < 1.29 is 27.6 Å². The SMILES string of the molecule is NC(=O)c1ccc(C(=O)NCC2CC(C(F)(F)F)=NO2)cc1. The van der Waals surface area contributed by atoms with Crippen LogP contribution >= 0.6 is 0 Å². The van der Waals surface area contributed by atoms with Crippen LogP contribution in [0.25, 0.3) is 0 Å². The third kappa shape index (κ3) is 3.74. The highest BCUT2D eigenvalue weighted by Crippen LogP contribution is 2.25. The molecular formula is C13H12F3N3O3. The number of carbonyl (C=O) groups excluding carboxylic acids is 2. The minimum atomic E-state index is -4.52. The van der Waals surface area contributed by atoms with E-state index in [2.05, 4.69) is 15.3 Å². The maximum Gasteiger partial charge on any atom is 0.432 e. The maximum absolute atomic E-state index is 12.4. The molecule has 2 rings (SSSR count). The minimum absolute atomic E-state index is 0.112. The summed E-state index contributed by atoms with van der Waals surface area (Å²) in [5.41, 5.74) is 4.57. The first-order valence-corrected chi connectivity index (χ1v) is 6.25. The van der Waals surface area contributed by atoms with Gasteiger partial charge < -0.3 is 15.9 Å². The van der Waals surface area contributed by atoms with E-state index in [0.29, 0.717) is 0 Å². The number of nitrogens with zero attached hydrogens (tertiary/aromatic N) is 1.